The topological polar surface area (TPSA) is 75.4 Å². The van der Waals surface area contributed by atoms with Gasteiger partial charge in [-0.3, -0.25) is 9.59 Å². The Kier molecular flexibility index (Phi) is 5.50. The van der Waals surface area contributed by atoms with E-state index in [9.17, 15) is 18.4 Å². The van der Waals surface area contributed by atoms with E-state index >= 15 is 0 Å². The lowest BCUT2D eigenvalue weighted by Gasteiger charge is -2.25. The minimum absolute atomic E-state index is 0.170. The quantitative estimate of drug-likeness (QED) is 0.740. The minimum Gasteiger partial charge on any atom is -0.343 e. The van der Waals surface area contributed by atoms with Crippen LogP contribution in [0.2, 0.25) is 5.02 Å². The predicted octanol–water partition coefficient (Wildman–Crippen LogP) is 3.83. The van der Waals surface area contributed by atoms with Crippen LogP contribution < -0.4 is 16.0 Å². The smallest absolute Gasteiger partial charge is 0.270 e. The van der Waals surface area contributed by atoms with Gasteiger partial charge < -0.3 is 16.0 Å². The van der Waals surface area contributed by atoms with Gasteiger partial charge in [0.05, 0.1) is 24.3 Å². The van der Waals surface area contributed by atoms with E-state index in [1.165, 1.54) is 11.8 Å². The monoisotopic (exact) mass is 451 g/mol. The molecule has 0 spiro atoms. The van der Waals surface area contributed by atoms with Gasteiger partial charge in [0.2, 0.25) is 5.91 Å². The Hall–Kier alpha value is -2.16. The molecule has 4 rings (SSSR count). The van der Waals surface area contributed by atoms with Crippen LogP contribution in [0.15, 0.2) is 47.4 Å². The summed E-state index contributed by atoms with van der Waals surface area (Å²) in [5.74, 6) is -3.71. The average Bonchev–Trinajstić information content (AvgIpc) is 3.33. The van der Waals surface area contributed by atoms with Gasteiger partial charge >= 0.3 is 0 Å². The highest BCUT2D eigenvalue weighted by atomic mass is 35.5. The van der Waals surface area contributed by atoms with Gasteiger partial charge in [-0.25, -0.2) is 8.78 Å². The lowest BCUT2D eigenvalue weighted by atomic mass is 10.1. The summed E-state index contributed by atoms with van der Waals surface area (Å²) in [5.41, 5.74) is 7.77. The number of carbonyl (C=O) groups is 2. The summed E-state index contributed by atoms with van der Waals surface area (Å²) in [6.45, 7) is 2.12. The zero-order valence-electron chi connectivity index (χ0n) is 16.1. The van der Waals surface area contributed by atoms with E-state index in [1.54, 1.807) is 35.2 Å². The van der Waals surface area contributed by atoms with Crippen molar-refractivity contribution >= 4 is 40.9 Å². The number of hydrogen-bond acceptors (Lipinski definition) is 4. The molecule has 2 aromatic rings. The molecule has 0 saturated heterocycles. The van der Waals surface area contributed by atoms with E-state index in [0.29, 0.717) is 10.7 Å². The van der Waals surface area contributed by atoms with Crippen LogP contribution in [0.3, 0.4) is 0 Å². The molecule has 3 atom stereocenters. The first kappa shape index (κ1) is 21.1. The molecule has 1 unspecified atom stereocenters. The molecule has 2 aromatic carbocycles. The molecule has 1 aliphatic carbocycles. The van der Waals surface area contributed by atoms with Crippen LogP contribution in [-0.2, 0) is 11.3 Å². The Labute approximate surface area is 181 Å². The number of benzene rings is 2. The number of amides is 2. The van der Waals surface area contributed by atoms with Crippen LogP contribution in [0.1, 0.15) is 29.3 Å². The predicted molar refractivity (Wildman–Crippen MR) is 113 cm³/mol. The van der Waals surface area contributed by atoms with Gasteiger partial charge in [-0.05, 0) is 35.9 Å². The molecule has 1 saturated carbocycles. The zero-order valence-corrected chi connectivity index (χ0v) is 17.6. The second kappa shape index (κ2) is 7.83. The number of nitrogens with one attached hydrogen (secondary N) is 1. The van der Waals surface area contributed by atoms with E-state index in [4.69, 9.17) is 17.3 Å². The van der Waals surface area contributed by atoms with Crippen molar-refractivity contribution in [2.75, 3.05) is 4.90 Å². The molecular formula is C21H20ClF2N3O2S. The van der Waals surface area contributed by atoms with Crippen molar-refractivity contribution in [2.45, 2.75) is 48.0 Å². The number of thioether (sulfide) groups is 1. The molecule has 2 aliphatic rings. The molecule has 30 heavy (non-hydrogen) atoms. The summed E-state index contributed by atoms with van der Waals surface area (Å²) in [7, 11) is 0. The van der Waals surface area contributed by atoms with Gasteiger partial charge in [-0.2, -0.15) is 0 Å². The molecule has 1 heterocycles. The summed E-state index contributed by atoms with van der Waals surface area (Å²) < 4.78 is 26.4. The Morgan fingerprint density at radius 3 is 2.60 bits per heavy atom. The first-order valence-electron chi connectivity index (χ1n) is 9.46. The van der Waals surface area contributed by atoms with E-state index in [-0.39, 0.29) is 29.7 Å². The number of rotatable bonds is 4. The largest absolute Gasteiger partial charge is 0.343 e. The van der Waals surface area contributed by atoms with Crippen molar-refractivity contribution in [2.24, 2.45) is 5.73 Å². The van der Waals surface area contributed by atoms with Gasteiger partial charge in [0.25, 0.3) is 11.8 Å². The Morgan fingerprint density at radius 1 is 1.30 bits per heavy atom. The molecule has 0 aromatic heterocycles. The molecule has 1 fully saturated rings. The van der Waals surface area contributed by atoms with Crippen molar-refractivity contribution < 1.29 is 18.4 Å². The van der Waals surface area contributed by atoms with Crippen molar-refractivity contribution in [1.82, 2.24) is 5.32 Å². The fraction of sp³-hybridized carbons (Fsp3) is 0.333. The van der Waals surface area contributed by atoms with Gasteiger partial charge in [-0.1, -0.05) is 30.7 Å². The summed E-state index contributed by atoms with van der Waals surface area (Å²) in [6.07, 6.45) is -0.354. The van der Waals surface area contributed by atoms with Gasteiger partial charge in [-0.15, -0.1) is 11.8 Å². The van der Waals surface area contributed by atoms with E-state index < -0.39 is 23.9 Å². The number of alkyl halides is 2. The third kappa shape index (κ3) is 4.17. The highest BCUT2D eigenvalue weighted by Gasteiger charge is 2.57. The third-order valence-electron chi connectivity index (χ3n) is 5.27. The molecule has 158 valence electrons. The minimum atomic E-state index is -2.85. The number of nitrogens with two attached hydrogens (primary N) is 1. The average molecular weight is 452 g/mol. The van der Waals surface area contributed by atoms with Crippen molar-refractivity contribution in [3.05, 3.63) is 58.6 Å². The second-order valence-electron chi connectivity index (χ2n) is 7.57. The number of anilines is 1. The third-order valence-corrected chi connectivity index (χ3v) is 6.78. The Morgan fingerprint density at radius 2 is 1.97 bits per heavy atom. The normalized spacial score (nSPS) is 24.8. The standard InChI is InChI=1S/C21H20ClF2N3O2S/c1-11-18(25)20(29)27(10-12-2-5-14(22)6-3-12)15-8-13(4-7-16(15)30-11)19(28)26-17-9-21(17,23)24/h2-8,11,17-18H,9-10,25H2,1H3,(H,26,28)/t11-,17?,18+/m1/s1. The number of hydrogen-bond donors (Lipinski definition) is 2. The van der Waals surface area contributed by atoms with Crippen LogP contribution in [0.4, 0.5) is 14.5 Å². The number of carbonyl (C=O) groups excluding carboxylic acids is 2. The van der Waals surface area contributed by atoms with Crippen LogP contribution in [0.5, 0.6) is 0 Å². The van der Waals surface area contributed by atoms with Crippen LogP contribution in [-0.4, -0.2) is 35.1 Å². The summed E-state index contributed by atoms with van der Waals surface area (Å²) in [5, 5.41) is 2.76. The summed E-state index contributed by atoms with van der Waals surface area (Å²) >= 11 is 7.40. The first-order chi connectivity index (χ1) is 14.2. The number of fused-ring (bicyclic) bond motifs is 1. The van der Waals surface area contributed by atoms with E-state index in [1.807, 2.05) is 19.1 Å². The maximum atomic E-state index is 13.2. The molecule has 5 nitrogen and oxygen atoms in total. The Balaban J connectivity index is 1.68. The maximum Gasteiger partial charge on any atom is 0.270 e. The SMILES string of the molecule is C[C@H]1Sc2ccc(C(=O)NC3CC3(F)F)cc2N(Cc2ccc(Cl)cc2)C(=O)[C@H]1N. The van der Waals surface area contributed by atoms with E-state index in [0.717, 1.165) is 10.5 Å². The van der Waals surface area contributed by atoms with Crippen molar-refractivity contribution in [3.8, 4) is 0 Å². The van der Waals surface area contributed by atoms with Crippen LogP contribution >= 0.6 is 23.4 Å². The maximum absolute atomic E-state index is 13.2. The molecule has 9 heteroatoms. The molecule has 2 amide bonds. The molecule has 3 N–H and O–H groups in total. The molecule has 1 aliphatic heterocycles. The van der Waals surface area contributed by atoms with Gasteiger partial charge in [0, 0.05) is 27.2 Å². The Bertz CT molecular complexity index is 1000. The second-order valence-corrected chi connectivity index (χ2v) is 9.43. The number of halogens is 3. The lowest BCUT2D eigenvalue weighted by Crippen LogP contribution is -2.47. The summed E-state index contributed by atoms with van der Waals surface area (Å²) in [6, 6.07) is 10.1. The fourth-order valence-electron chi connectivity index (χ4n) is 3.29. The van der Waals surface area contributed by atoms with Crippen molar-refractivity contribution in [1.29, 1.82) is 0 Å². The molecule has 0 radical (unpaired) electrons. The first-order valence-corrected chi connectivity index (χ1v) is 10.7. The molecule has 0 bridgehead atoms. The zero-order chi connectivity index (χ0) is 21.6. The van der Waals surface area contributed by atoms with Crippen LogP contribution in [0, 0.1) is 0 Å². The van der Waals surface area contributed by atoms with Crippen molar-refractivity contribution in [3.63, 3.8) is 0 Å². The van der Waals surface area contributed by atoms with Crippen LogP contribution in [0.25, 0.3) is 0 Å². The summed E-state index contributed by atoms with van der Waals surface area (Å²) in [4.78, 5) is 27.9. The number of nitrogens with zero attached hydrogens (tertiary/aromatic N) is 1. The van der Waals surface area contributed by atoms with Gasteiger partial charge in [0.1, 0.15) is 0 Å². The lowest BCUT2D eigenvalue weighted by molar-refractivity contribution is -0.119. The molecular weight excluding hydrogens is 432 g/mol. The van der Waals surface area contributed by atoms with E-state index in [2.05, 4.69) is 5.32 Å². The fourth-order valence-corrected chi connectivity index (χ4v) is 4.52. The highest BCUT2D eigenvalue weighted by Crippen LogP contribution is 2.42. The highest BCUT2D eigenvalue weighted by molar-refractivity contribution is 8.00. The van der Waals surface area contributed by atoms with Gasteiger partial charge in [0.15, 0.2) is 0 Å².